The van der Waals surface area contributed by atoms with Gasteiger partial charge in [-0.2, -0.15) is 4.29 Å². The summed E-state index contributed by atoms with van der Waals surface area (Å²) < 4.78 is 33.7. The highest BCUT2D eigenvalue weighted by atomic mass is 35.5. The molecule has 0 unspecified atom stereocenters. The Kier molecular flexibility index (Phi) is 1.67. The van der Waals surface area contributed by atoms with Gasteiger partial charge in [0.2, 0.25) is 0 Å². The largest absolute Gasteiger partial charge is 1.00 e. The quantitative estimate of drug-likeness (QED) is 0.475. The van der Waals surface area contributed by atoms with E-state index >= 15 is 0 Å². The first-order chi connectivity index (χ1) is 2.56. The zero-order chi connectivity index (χ0) is 5.21. The molecule has 0 aromatic rings. The van der Waals surface area contributed by atoms with E-state index in [2.05, 4.69) is 16.2 Å². The normalized spacial score (nSPS) is 12.0. The molecular weight excluding hydrogens is 120 g/mol. The molecule has 0 aliphatic carbocycles. The summed E-state index contributed by atoms with van der Waals surface area (Å²) >= 11 is 3.85. The molecule has 0 saturated heterocycles. The number of hydrogen-bond acceptors (Lipinski definition) is 1. The van der Waals surface area contributed by atoms with Gasteiger partial charge in [-0.25, -0.2) is 0 Å². The van der Waals surface area contributed by atoms with Crippen molar-refractivity contribution in [2.24, 2.45) is 0 Å². The van der Waals surface area contributed by atoms with E-state index in [4.69, 9.17) is 0 Å². The maximum absolute atomic E-state index is 10.4. The molecule has 0 heterocycles. The average molecular weight is 121 g/mol. The van der Waals surface area contributed by atoms with Crippen LogP contribution in [-0.4, -0.2) is 6.36 Å². The van der Waals surface area contributed by atoms with Crippen molar-refractivity contribution in [3.63, 3.8) is 0 Å². The third kappa shape index (κ3) is 4.04. The molecule has 0 rings (SSSR count). The van der Waals surface area contributed by atoms with Crippen molar-refractivity contribution in [2.45, 2.75) is 6.36 Å². The van der Waals surface area contributed by atoms with Gasteiger partial charge in [0.15, 0.2) is 0 Å². The average Bonchev–Trinajstić information content (AvgIpc) is 1.35. The Hall–Kier alpha value is 0.0400. The summed E-state index contributed by atoms with van der Waals surface area (Å²) in [7, 11) is 0. The Labute approximate surface area is 38.3 Å². The lowest BCUT2D eigenvalue weighted by Gasteiger charge is -1.93. The van der Waals surface area contributed by atoms with Gasteiger partial charge in [-0.15, -0.1) is 13.2 Å². The number of hydrogen-bond donors (Lipinski definition) is 0. The molecule has 0 bridgehead atoms. The van der Waals surface area contributed by atoms with Gasteiger partial charge in [-0.3, -0.25) is 0 Å². The summed E-state index contributed by atoms with van der Waals surface area (Å²) in [6.45, 7) is 0. The molecule has 0 atom stereocenters. The second-order valence-electron chi connectivity index (χ2n) is 0.523. The number of halogens is 4. The molecule has 0 aliphatic heterocycles. The highest BCUT2D eigenvalue weighted by Gasteiger charge is 2.28. The molecule has 5 heteroatoms. The molecular formula is CHClF3O+. The van der Waals surface area contributed by atoms with Gasteiger partial charge in [-0.1, -0.05) is 0 Å². The third-order valence-electron chi connectivity index (χ3n) is 0.0875. The minimum Gasteiger partial charge on any atom is -0.179 e. The molecule has 0 N–H and O–H groups in total. The third-order valence-corrected chi connectivity index (χ3v) is 0.262. The molecule has 0 aromatic heterocycles. The van der Waals surface area contributed by atoms with Crippen LogP contribution in [0.15, 0.2) is 0 Å². The van der Waals surface area contributed by atoms with Crippen LogP contribution >= 0.6 is 11.9 Å². The summed E-state index contributed by atoms with van der Waals surface area (Å²) in [6.07, 6.45) is -4.69. The van der Waals surface area contributed by atoms with Gasteiger partial charge in [0.05, 0.1) is 11.9 Å². The smallest absolute Gasteiger partial charge is 0.179 e. The lowest BCUT2D eigenvalue weighted by molar-refractivity contribution is -0.273. The molecule has 38 valence electrons. The highest BCUT2D eigenvalue weighted by Crippen LogP contribution is 2.16. The summed E-state index contributed by atoms with van der Waals surface area (Å²) in [5.74, 6) is 0. The van der Waals surface area contributed by atoms with Crippen LogP contribution in [0.1, 0.15) is 1.43 Å². The number of rotatable bonds is 0. The van der Waals surface area contributed by atoms with Gasteiger partial charge in [0.1, 0.15) is 0 Å². The first-order valence-electron chi connectivity index (χ1n) is 0.925. The van der Waals surface area contributed by atoms with Gasteiger partial charge in [0.25, 0.3) is 0 Å². The Morgan fingerprint density at radius 2 is 1.67 bits per heavy atom. The maximum atomic E-state index is 10.4. The van der Waals surface area contributed by atoms with Gasteiger partial charge in [-0.05, 0) is 0 Å². The first kappa shape index (κ1) is 6.04. The lowest BCUT2D eigenvalue weighted by Crippen LogP contribution is -2.04. The molecule has 0 spiro atoms. The van der Waals surface area contributed by atoms with Gasteiger partial charge < -0.3 is 0 Å². The summed E-state index contributed by atoms with van der Waals surface area (Å²) in [4.78, 5) is 0. The minimum absolute atomic E-state index is 0. The second-order valence-corrected chi connectivity index (χ2v) is 0.677. The van der Waals surface area contributed by atoms with E-state index in [0.717, 1.165) is 0 Å². The standard InChI is InChI=1S/CClF3O/c2-6-1(3,4)5/p+1. The fraction of sp³-hybridized carbons (Fsp3) is 1.00. The van der Waals surface area contributed by atoms with Crippen molar-refractivity contribution in [2.75, 3.05) is 0 Å². The van der Waals surface area contributed by atoms with Crippen molar-refractivity contribution >= 4 is 11.9 Å². The lowest BCUT2D eigenvalue weighted by atomic mass is 11.4. The molecule has 0 aliphatic rings. The topological polar surface area (TPSA) is 9.23 Å². The monoisotopic (exact) mass is 121 g/mol. The van der Waals surface area contributed by atoms with Crippen molar-refractivity contribution in [3.05, 3.63) is 0 Å². The first-order valence-corrected chi connectivity index (χ1v) is 1.23. The van der Waals surface area contributed by atoms with Crippen LogP contribution in [0.25, 0.3) is 0 Å². The van der Waals surface area contributed by atoms with Crippen molar-refractivity contribution in [1.29, 1.82) is 0 Å². The van der Waals surface area contributed by atoms with E-state index in [1.807, 2.05) is 0 Å². The Morgan fingerprint density at radius 1 is 1.50 bits per heavy atom. The van der Waals surface area contributed by atoms with Crippen molar-refractivity contribution in [3.8, 4) is 0 Å². The summed E-state index contributed by atoms with van der Waals surface area (Å²) in [5, 5.41) is 0. The zero-order valence-electron chi connectivity index (χ0n) is 3.42. The SMILES string of the molecule is FC(F)(F)OCl.[H+]. The molecule has 0 radical (unpaired) electrons. The van der Waals surface area contributed by atoms with Crippen LogP contribution in [-0.2, 0) is 4.29 Å². The van der Waals surface area contributed by atoms with E-state index in [-0.39, 0.29) is 1.43 Å². The fourth-order valence-electron chi connectivity index (χ4n) is 0. The minimum atomic E-state index is -4.69. The van der Waals surface area contributed by atoms with Crippen LogP contribution in [0.5, 0.6) is 0 Å². The summed E-state index contributed by atoms with van der Waals surface area (Å²) in [5.41, 5.74) is 0. The highest BCUT2D eigenvalue weighted by molar-refractivity contribution is 6.07. The number of alkyl halides is 3. The van der Waals surface area contributed by atoms with Crippen LogP contribution < -0.4 is 0 Å². The molecule has 0 amide bonds. The predicted molar refractivity (Wildman–Crippen MR) is 14.1 cm³/mol. The van der Waals surface area contributed by atoms with E-state index in [1.165, 1.54) is 0 Å². The second kappa shape index (κ2) is 1.66. The Balaban J connectivity index is 0. The van der Waals surface area contributed by atoms with Crippen molar-refractivity contribution < 1.29 is 18.9 Å². The molecule has 0 aromatic carbocycles. The molecule has 0 saturated carbocycles. The fourth-order valence-corrected chi connectivity index (χ4v) is 0. The van der Waals surface area contributed by atoms with E-state index < -0.39 is 6.36 Å². The predicted octanol–water partition coefficient (Wildman–Crippen LogP) is 1.79. The Bertz CT molecular complexity index is 44.7. The maximum Gasteiger partial charge on any atom is 1.00 e. The van der Waals surface area contributed by atoms with E-state index in [0.29, 0.717) is 0 Å². The van der Waals surface area contributed by atoms with Crippen LogP contribution in [0.3, 0.4) is 0 Å². The summed E-state index contributed by atoms with van der Waals surface area (Å²) in [6, 6.07) is 0. The zero-order valence-corrected chi connectivity index (χ0v) is 3.18. The molecule has 1 nitrogen and oxygen atoms in total. The van der Waals surface area contributed by atoms with Crippen LogP contribution in [0.4, 0.5) is 13.2 Å². The van der Waals surface area contributed by atoms with Crippen molar-refractivity contribution in [1.82, 2.24) is 0 Å². The van der Waals surface area contributed by atoms with E-state index in [1.54, 1.807) is 0 Å². The molecule has 6 heavy (non-hydrogen) atoms. The van der Waals surface area contributed by atoms with Crippen LogP contribution in [0, 0.1) is 0 Å². The van der Waals surface area contributed by atoms with E-state index in [9.17, 15) is 13.2 Å². The van der Waals surface area contributed by atoms with Gasteiger partial charge >= 0.3 is 7.79 Å². The Morgan fingerprint density at radius 3 is 1.67 bits per heavy atom. The molecule has 0 fully saturated rings. The van der Waals surface area contributed by atoms with Gasteiger partial charge in [0, 0.05) is 0 Å². The van der Waals surface area contributed by atoms with Crippen LogP contribution in [0.2, 0.25) is 0 Å².